The van der Waals surface area contributed by atoms with E-state index in [-0.39, 0.29) is 5.91 Å². The van der Waals surface area contributed by atoms with Gasteiger partial charge in [0, 0.05) is 15.4 Å². The van der Waals surface area contributed by atoms with Crippen molar-refractivity contribution in [3.05, 3.63) is 106 Å². The second-order valence-corrected chi connectivity index (χ2v) is 13.1. The van der Waals surface area contributed by atoms with Crippen LogP contribution in [0.1, 0.15) is 16.7 Å². The number of carbonyl (C=O) groups is 1. The monoisotopic (exact) mass is 473 g/mol. The third kappa shape index (κ3) is 5.60. The maximum absolute atomic E-state index is 13.3. The van der Waals surface area contributed by atoms with E-state index in [4.69, 9.17) is 0 Å². The third-order valence-electron chi connectivity index (χ3n) is 4.66. The Morgan fingerprint density at radius 1 is 0.867 bits per heavy atom. The maximum Gasteiger partial charge on any atom is 0.256 e. The summed E-state index contributed by atoms with van der Waals surface area (Å²) in [6.45, 7) is 6.32. The van der Waals surface area contributed by atoms with E-state index in [1.54, 1.807) is 0 Å². The lowest BCUT2D eigenvalue weighted by Crippen LogP contribution is -2.28. The second-order valence-electron chi connectivity index (χ2n) is 7.62. The molecule has 150 valence electrons. The maximum atomic E-state index is 13.3. The van der Waals surface area contributed by atoms with Crippen LogP contribution in [-0.4, -0.2) is 14.0 Å². The van der Waals surface area contributed by atoms with Crippen LogP contribution in [0.2, 0.25) is 13.1 Å². The van der Waals surface area contributed by atoms with E-state index in [1.165, 1.54) is 0 Å². The molecule has 1 N–H and O–H groups in total. The molecular weight excluding hydrogens is 450 g/mol. The van der Waals surface area contributed by atoms with E-state index in [9.17, 15) is 4.79 Å². The number of halogens is 1. The van der Waals surface area contributed by atoms with Crippen LogP contribution < -0.4 is 5.32 Å². The van der Waals surface area contributed by atoms with E-state index in [0.717, 1.165) is 26.5 Å². The highest BCUT2D eigenvalue weighted by molar-refractivity contribution is 9.12. The summed E-state index contributed by atoms with van der Waals surface area (Å²) in [5, 5.41) is 3.04. The molecule has 0 aliphatic heterocycles. The van der Waals surface area contributed by atoms with Crippen molar-refractivity contribution in [1.82, 2.24) is 0 Å². The summed E-state index contributed by atoms with van der Waals surface area (Å²) in [5.41, 5.74) is 7.86. The molecule has 2 nitrogen and oxygen atoms in total. The standard InChI is InChI=1S/C26H24BrNOSi/c1-20-14-16-23(17-15-20)28-26(29)24(22-12-8-5-9-13-22)25(27)30(2,3)19-18-21-10-6-4-7-11-21/h4-17H,1-3H3,(H,28,29)/b25-24+. The molecule has 30 heavy (non-hydrogen) atoms. The predicted molar refractivity (Wildman–Crippen MR) is 133 cm³/mol. The quantitative estimate of drug-likeness (QED) is 0.258. The SMILES string of the molecule is Cc1ccc(NC(=O)/C(=C(\Br)[Si](C)(C)C#Cc2ccccc2)c2ccccc2)cc1. The molecule has 0 spiro atoms. The normalized spacial score (nSPS) is 11.7. The third-order valence-corrected chi connectivity index (χ3v) is 10.1. The van der Waals surface area contributed by atoms with Gasteiger partial charge in [0.2, 0.25) is 0 Å². The number of carbonyl (C=O) groups excluding carboxylic acids is 1. The van der Waals surface area contributed by atoms with Gasteiger partial charge in [-0.05, 0) is 36.8 Å². The molecule has 1 amide bonds. The Hall–Kier alpha value is -2.87. The Labute approximate surface area is 188 Å². The Bertz CT molecular complexity index is 1110. The molecule has 4 heteroatoms. The van der Waals surface area contributed by atoms with Crippen molar-refractivity contribution in [3.8, 4) is 11.5 Å². The fraction of sp³-hybridized carbons (Fsp3) is 0.115. The van der Waals surface area contributed by atoms with Gasteiger partial charge in [-0.25, -0.2) is 0 Å². The van der Waals surface area contributed by atoms with Crippen molar-refractivity contribution in [1.29, 1.82) is 0 Å². The van der Waals surface area contributed by atoms with Gasteiger partial charge in [-0.3, -0.25) is 4.79 Å². The summed E-state index contributed by atoms with van der Waals surface area (Å²) in [6.07, 6.45) is 0. The molecule has 0 fully saturated rings. The summed E-state index contributed by atoms with van der Waals surface area (Å²) in [7, 11) is -2.25. The summed E-state index contributed by atoms with van der Waals surface area (Å²) >= 11 is 3.78. The molecule has 0 atom stereocenters. The van der Waals surface area contributed by atoms with E-state index < -0.39 is 8.07 Å². The van der Waals surface area contributed by atoms with Crippen LogP contribution in [0.15, 0.2) is 89.0 Å². The lowest BCUT2D eigenvalue weighted by atomic mass is 10.1. The number of anilines is 1. The molecule has 0 unspecified atom stereocenters. The van der Waals surface area contributed by atoms with Crippen molar-refractivity contribution < 1.29 is 4.79 Å². The number of amides is 1. The van der Waals surface area contributed by atoms with Crippen molar-refractivity contribution in [2.45, 2.75) is 20.0 Å². The molecular formula is C26H24BrNOSi. The first-order chi connectivity index (χ1) is 14.4. The number of benzene rings is 3. The Kier molecular flexibility index (Phi) is 7.10. The van der Waals surface area contributed by atoms with Gasteiger partial charge in [-0.15, -0.1) is 5.54 Å². The van der Waals surface area contributed by atoms with Gasteiger partial charge in [-0.1, -0.05) is 101 Å². The second kappa shape index (κ2) is 9.75. The van der Waals surface area contributed by atoms with Crippen LogP contribution in [0.3, 0.4) is 0 Å². The molecule has 0 aliphatic rings. The van der Waals surface area contributed by atoms with Crippen molar-refractivity contribution in [2.75, 3.05) is 5.32 Å². The van der Waals surface area contributed by atoms with Crippen LogP contribution in [0.25, 0.3) is 5.57 Å². The number of rotatable bonds is 4. The predicted octanol–water partition coefficient (Wildman–Crippen LogP) is 6.58. The molecule has 0 saturated heterocycles. The van der Waals surface area contributed by atoms with Crippen molar-refractivity contribution >= 4 is 41.2 Å². The first kappa shape index (κ1) is 21.8. The van der Waals surface area contributed by atoms with Gasteiger partial charge in [0.05, 0.1) is 5.57 Å². The Morgan fingerprint density at radius 2 is 1.43 bits per heavy atom. The summed E-state index contributed by atoms with van der Waals surface area (Å²) < 4.78 is 0.884. The van der Waals surface area contributed by atoms with Crippen LogP contribution >= 0.6 is 15.9 Å². The lowest BCUT2D eigenvalue weighted by Gasteiger charge is -2.20. The van der Waals surface area contributed by atoms with Crippen LogP contribution in [0.5, 0.6) is 0 Å². The molecule has 0 aliphatic carbocycles. The average Bonchev–Trinajstić information content (AvgIpc) is 2.75. The molecule has 0 bridgehead atoms. The molecule has 3 aromatic rings. The fourth-order valence-corrected chi connectivity index (χ4v) is 5.07. The van der Waals surface area contributed by atoms with Crippen LogP contribution in [-0.2, 0) is 4.79 Å². The minimum Gasteiger partial charge on any atom is -0.322 e. The van der Waals surface area contributed by atoms with Gasteiger partial charge in [0.25, 0.3) is 5.91 Å². The van der Waals surface area contributed by atoms with Gasteiger partial charge in [-0.2, -0.15) is 0 Å². The molecule has 0 heterocycles. The zero-order valence-electron chi connectivity index (χ0n) is 17.4. The van der Waals surface area contributed by atoms with Crippen molar-refractivity contribution in [3.63, 3.8) is 0 Å². The Balaban J connectivity index is 2.02. The van der Waals surface area contributed by atoms with Crippen LogP contribution in [0.4, 0.5) is 5.69 Å². The highest BCUT2D eigenvalue weighted by Crippen LogP contribution is 2.31. The van der Waals surface area contributed by atoms with Crippen molar-refractivity contribution in [2.24, 2.45) is 0 Å². The number of hydrogen-bond donors (Lipinski definition) is 1. The highest BCUT2D eigenvalue weighted by Gasteiger charge is 2.29. The minimum atomic E-state index is -2.25. The molecule has 3 rings (SSSR count). The number of nitrogens with one attached hydrogen (secondary N) is 1. The summed E-state index contributed by atoms with van der Waals surface area (Å²) in [4.78, 5) is 13.3. The number of hydrogen-bond acceptors (Lipinski definition) is 1. The zero-order chi connectivity index (χ0) is 21.6. The van der Waals surface area contributed by atoms with Gasteiger partial charge in [0.15, 0.2) is 8.07 Å². The topological polar surface area (TPSA) is 29.1 Å². The first-order valence-corrected chi connectivity index (χ1v) is 13.6. The van der Waals surface area contributed by atoms with Gasteiger partial charge < -0.3 is 5.32 Å². The molecule has 3 aromatic carbocycles. The van der Waals surface area contributed by atoms with Gasteiger partial charge in [0.1, 0.15) is 0 Å². The Morgan fingerprint density at radius 3 is 2.03 bits per heavy atom. The smallest absolute Gasteiger partial charge is 0.256 e. The average molecular weight is 474 g/mol. The number of aryl methyl sites for hydroxylation is 1. The van der Waals surface area contributed by atoms with E-state index in [2.05, 4.69) is 45.8 Å². The largest absolute Gasteiger partial charge is 0.322 e. The fourth-order valence-electron chi connectivity index (χ4n) is 2.91. The van der Waals surface area contributed by atoms with E-state index >= 15 is 0 Å². The minimum absolute atomic E-state index is 0.140. The summed E-state index contributed by atoms with van der Waals surface area (Å²) in [5.74, 6) is 3.14. The summed E-state index contributed by atoms with van der Waals surface area (Å²) in [6, 6.07) is 27.5. The molecule has 0 aromatic heterocycles. The molecule has 0 radical (unpaired) electrons. The lowest BCUT2D eigenvalue weighted by molar-refractivity contribution is -0.111. The highest BCUT2D eigenvalue weighted by atomic mass is 79.9. The molecule has 0 saturated carbocycles. The van der Waals surface area contributed by atoms with E-state index in [1.807, 2.05) is 91.9 Å². The van der Waals surface area contributed by atoms with E-state index in [0.29, 0.717) is 5.57 Å². The van der Waals surface area contributed by atoms with Crippen LogP contribution in [0, 0.1) is 18.4 Å². The zero-order valence-corrected chi connectivity index (χ0v) is 20.0. The van der Waals surface area contributed by atoms with Gasteiger partial charge >= 0.3 is 0 Å². The first-order valence-electron chi connectivity index (χ1n) is 9.79.